The van der Waals surface area contributed by atoms with Gasteiger partial charge >= 0.3 is 5.97 Å². The zero-order valence-electron chi connectivity index (χ0n) is 8.82. The van der Waals surface area contributed by atoms with Gasteiger partial charge < -0.3 is 9.02 Å². The van der Waals surface area contributed by atoms with E-state index in [-0.39, 0.29) is 0 Å². The number of hydrogen-bond acceptors (Lipinski definition) is 7. The molecule has 0 unspecified atom stereocenters. The van der Waals surface area contributed by atoms with Crippen LogP contribution in [0.5, 0.6) is 0 Å². The van der Waals surface area contributed by atoms with Gasteiger partial charge in [-0.1, -0.05) is 17.3 Å². The van der Waals surface area contributed by atoms with E-state index in [1.165, 1.54) is 18.4 Å². The van der Waals surface area contributed by atoms with Crippen molar-refractivity contribution in [3.05, 3.63) is 24.3 Å². The molecule has 0 spiro atoms. The number of aromatic nitrogens is 1. The molecule has 2 rings (SSSR count). The Hall–Kier alpha value is -1.60. The molecule has 88 valence electrons. The van der Waals surface area contributed by atoms with Gasteiger partial charge in [0.15, 0.2) is 10.6 Å². The molecule has 0 amide bonds. The number of thiazole rings is 1. The van der Waals surface area contributed by atoms with Crippen molar-refractivity contribution >= 4 is 45.8 Å². The SMILES string of the molecule is CON=CC(=O)OSc1nc2ccccc2s1. The van der Waals surface area contributed by atoms with Gasteiger partial charge in [0.25, 0.3) is 0 Å². The summed E-state index contributed by atoms with van der Waals surface area (Å²) in [7, 11) is 1.35. The van der Waals surface area contributed by atoms with Crippen molar-refractivity contribution in [3.8, 4) is 0 Å². The third kappa shape index (κ3) is 3.18. The second-order valence-electron chi connectivity index (χ2n) is 2.85. The lowest BCUT2D eigenvalue weighted by Gasteiger charge is -1.93. The monoisotopic (exact) mass is 268 g/mol. The van der Waals surface area contributed by atoms with Crippen molar-refractivity contribution in [2.75, 3.05) is 7.11 Å². The van der Waals surface area contributed by atoms with Crippen LogP contribution in [0.15, 0.2) is 33.8 Å². The minimum absolute atomic E-state index is 0.587. The fourth-order valence-corrected chi connectivity index (χ4v) is 2.62. The first-order chi connectivity index (χ1) is 8.29. The maximum absolute atomic E-state index is 11.1. The van der Waals surface area contributed by atoms with Gasteiger partial charge in [-0.15, -0.1) is 11.3 Å². The van der Waals surface area contributed by atoms with E-state index in [1.54, 1.807) is 0 Å². The van der Waals surface area contributed by atoms with E-state index in [0.29, 0.717) is 4.34 Å². The molecule has 0 atom stereocenters. The van der Waals surface area contributed by atoms with Crippen molar-refractivity contribution < 1.29 is 13.8 Å². The first kappa shape index (κ1) is 11.9. The molecule has 1 aromatic heterocycles. The fraction of sp³-hybridized carbons (Fsp3) is 0.100. The third-order valence-corrected chi connectivity index (χ3v) is 3.50. The van der Waals surface area contributed by atoms with Crippen LogP contribution in [0.4, 0.5) is 0 Å². The largest absolute Gasteiger partial charge is 0.399 e. The number of nitrogens with zero attached hydrogens (tertiary/aromatic N) is 2. The molecule has 0 fully saturated rings. The van der Waals surface area contributed by atoms with E-state index >= 15 is 0 Å². The predicted octanol–water partition coefficient (Wildman–Crippen LogP) is 2.48. The van der Waals surface area contributed by atoms with Crippen LogP contribution >= 0.6 is 23.4 Å². The van der Waals surface area contributed by atoms with E-state index in [4.69, 9.17) is 4.18 Å². The summed E-state index contributed by atoms with van der Waals surface area (Å²) in [6.45, 7) is 0. The van der Waals surface area contributed by atoms with Gasteiger partial charge in [-0.2, -0.15) is 0 Å². The molecule has 5 nitrogen and oxygen atoms in total. The number of hydrogen-bond donors (Lipinski definition) is 0. The van der Waals surface area contributed by atoms with Crippen LogP contribution in [-0.2, 0) is 13.8 Å². The molecule has 1 heterocycles. The Morgan fingerprint density at radius 2 is 2.35 bits per heavy atom. The van der Waals surface area contributed by atoms with E-state index < -0.39 is 5.97 Å². The van der Waals surface area contributed by atoms with Crippen LogP contribution in [0.2, 0.25) is 0 Å². The summed E-state index contributed by atoms with van der Waals surface area (Å²) in [4.78, 5) is 19.7. The molecule has 2 aromatic rings. The normalized spacial score (nSPS) is 10.9. The van der Waals surface area contributed by atoms with Gasteiger partial charge in [0.2, 0.25) is 0 Å². The maximum Gasteiger partial charge on any atom is 0.365 e. The molecular formula is C10H8N2O3S2. The Balaban J connectivity index is 1.99. The smallest absolute Gasteiger partial charge is 0.365 e. The lowest BCUT2D eigenvalue weighted by molar-refractivity contribution is -0.125. The Bertz CT molecular complexity index is 520. The maximum atomic E-state index is 11.1. The summed E-state index contributed by atoms with van der Waals surface area (Å²) in [5.74, 6) is -0.587. The Labute approximate surface area is 106 Å². The van der Waals surface area contributed by atoms with Crippen LogP contribution in [0.1, 0.15) is 0 Å². The number of carbonyl (C=O) groups excluding carboxylic acids is 1. The van der Waals surface area contributed by atoms with Crippen molar-refractivity contribution in [2.24, 2.45) is 5.16 Å². The zero-order valence-corrected chi connectivity index (χ0v) is 10.5. The molecule has 17 heavy (non-hydrogen) atoms. The molecule has 7 heteroatoms. The van der Waals surface area contributed by atoms with Gasteiger partial charge in [-0.05, 0) is 12.1 Å². The van der Waals surface area contributed by atoms with Crippen molar-refractivity contribution in [1.29, 1.82) is 0 Å². The van der Waals surface area contributed by atoms with Gasteiger partial charge in [-0.25, -0.2) is 9.78 Å². The molecular weight excluding hydrogens is 260 g/mol. The van der Waals surface area contributed by atoms with E-state index in [9.17, 15) is 4.79 Å². The van der Waals surface area contributed by atoms with Crippen LogP contribution in [0.25, 0.3) is 10.2 Å². The number of rotatable bonds is 4. The topological polar surface area (TPSA) is 60.8 Å². The van der Waals surface area contributed by atoms with Gasteiger partial charge in [0.05, 0.1) is 10.2 Å². The molecule has 0 aliphatic rings. The lowest BCUT2D eigenvalue weighted by atomic mass is 10.3. The summed E-state index contributed by atoms with van der Waals surface area (Å²) >= 11 is 2.38. The molecule has 1 aromatic carbocycles. The van der Waals surface area contributed by atoms with Crippen molar-refractivity contribution in [1.82, 2.24) is 4.98 Å². The molecule has 0 radical (unpaired) electrons. The van der Waals surface area contributed by atoms with Gasteiger partial charge in [-0.3, -0.25) is 0 Å². The minimum Gasteiger partial charge on any atom is -0.399 e. The summed E-state index contributed by atoms with van der Waals surface area (Å²) in [6.07, 6.45) is 0.959. The highest BCUT2D eigenvalue weighted by molar-refractivity contribution is 7.97. The van der Waals surface area contributed by atoms with E-state index in [0.717, 1.165) is 28.5 Å². The summed E-state index contributed by atoms with van der Waals surface area (Å²) in [6, 6.07) is 7.72. The second-order valence-corrected chi connectivity index (χ2v) is 4.86. The first-order valence-corrected chi connectivity index (χ1v) is 6.16. The number of carbonyl (C=O) groups is 1. The minimum atomic E-state index is -0.587. The van der Waals surface area contributed by atoms with E-state index in [2.05, 4.69) is 15.0 Å². The first-order valence-electron chi connectivity index (χ1n) is 4.60. The third-order valence-electron chi connectivity index (χ3n) is 1.73. The highest BCUT2D eigenvalue weighted by Gasteiger charge is 2.07. The van der Waals surface area contributed by atoms with Gasteiger partial charge in [0.1, 0.15) is 19.2 Å². The van der Waals surface area contributed by atoms with Crippen LogP contribution in [0.3, 0.4) is 0 Å². The molecule has 0 bridgehead atoms. The molecule has 0 N–H and O–H groups in total. The Morgan fingerprint density at radius 1 is 1.53 bits per heavy atom. The fourth-order valence-electron chi connectivity index (χ4n) is 1.08. The second kappa shape index (κ2) is 5.65. The van der Waals surface area contributed by atoms with Crippen LogP contribution in [0, 0.1) is 0 Å². The lowest BCUT2D eigenvalue weighted by Crippen LogP contribution is -1.99. The highest BCUT2D eigenvalue weighted by atomic mass is 32.2. The predicted molar refractivity (Wildman–Crippen MR) is 67.1 cm³/mol. The van der Waals surface area contributed by atoms with E-state index in [1.807, 2.05) is 24.3 Å². The zero-order chi connectivity index (χ0) is 12.1. The quantitative estimate of drug-likeness (QED) is 0.484. The number of oxime groups is 1. The Morgan fingerprint density at radius 3 is 3.12 bits per heavy atom. The van der Waals surface area contributed by atoms with Crippen LogP contribution < -0.4 is 0 Å². The molecule has 0 aliphatic heterocycles. The average molecular weight is 268 g/mol. The summed E-state index contributed by atoms with van der Waals surface area (Å²) in [5, 5.41) is 3.30. The molecule has 0 saturated heterocycles. The van der Waals surface area contributed by atoms with Gasteiger partial charge in [0, 0.05) is 0 Å². The highest BCUT2D eigenvalue weighted by Crippen LogP contribution is 2.29. The standard InChI is InChI=1S/C10H8N2O3S2/c1-14-11-6-9(13)15-17-10-12-7-4-2-3-5-8(7)16-10/h2-6H,1H3. The summed E-state index contributed by atoms with van der Waals surface area (Å²) in [5.41, 5.74) is 0.890. The van der Waals surface area contributed by atoms with Crippen LogP contribution in [-0.4, -0.2) is 24.3 Å². The average Bonchev–Trinajstić information content (AvgIpc) is 2.76. The molecule has 0 saturated carbocycles. The summed E-state index contributed by atoms with van der Waals surface area (Å²) < 4.78 is 6.58. The Kier molecular flexibility index (Phi) is 3.94. The number of fused-ring (bicyclic) bond motifs is 1. The number of para-hydroxylation sites is 1. The number of benzene rings is 1. The van der Waals surface area contributed by atoms with Crippen molar-refractivity contribution in [2.45, 2.75) is 4.34 Å². The van der Waals surface area contributed by atoms with Crippen molar-refractivity contribution in [3.63, 3.8) is 0 Å². The molecule has 0 aliphatic carbocycles.